The van der Waals surface area contributed by atoms with Gasteiger partial charge in [-0.1, -0.05) is 45.9 Å². The van der Waals surface area contributed by atoms with E-state index in [0.29, 0.717) is 4.91 Å². The van der Waals surface area contributed by atoms with Gasteiger partial charge >= 0.3 is 0 Å². The second-order valence-electron chi connectivity index (χ2n) is 5.06. The number of phenols is 1. The van der Waals surface area contributed by atoms with E-state index in [1.165, 1.54) is 18.2 Å². The summed E-state index contributed by atoms with van der Waals surface area (Å²) in [6, 6.07) is 13.3. The molecule has 0 bridgehead atoms. The lowest BCUT2D eigenvalue weighted by molar-refractivity contribution is -0.123. The highest BCUT2D eigenvalue weighted by atomic mass is 79.9. The zero-order valence-electron chi connectivity index (χ0n) is 12.6. The molecule has 1 fully saturated rings. The molecule has 0 aromatic heterocycles. The van der Waals surface area contributed by atoms with Crippen molar-refractivity contribution in [3.8, 4) is 5.75 Å². The maximum absolute atomic E-state index is 12.5. The summed E-state index contributed by atoms with van der Waals surface area (Å²) in [5.74, 6) is -0.961. The molecule has 0 aliphatic carbocycles. The van der Waals surface area contributed by atoms with E-state index in [2.05, 4.69) is 21.4 Å². The molecule has 0 spiro atoms. The highest BCUT2D eigenvalue weighted by Gasteiger charge is 2.33. The SMILES string of the molecule is O=C(NN1C(=O)/C(=C/c2ccc(Br)cc2)SC1=S)c1cccc(O)c1. The fourth-order valence-electron chi connectivity index (χ4n) is 2.09. The van der Waals surface area contributed by atoms with Gasteiger partial charge in [0.2, 0.25) is 0 Å². The first kappa shape index (κ1) is 17.7. The Morgan fingerprint density at radius 3 is 2.64 bits per heavy atom. The van der Waals surface area contributed by atoms with E-state index in [9.17, 15) is 14.7 Å². The minimum absolute atomic E-state index is 0.0341. The minimum Gasteiger partial charge on any atom is -0.508 e. The third-order valence-electron chi connectivity index (χ3n) is 3.28. The maximum atomic E-state index is 12.5. The van der Waals surface area contributed by atoms with Gasteiger partial charge in [-0.15, -0.1) is 0 Å². The molecule has 2 amide bonds. The van der Waals surface area contributed by atoms with Crippen LogP contribution in [0.2, 0.25) is 0 Å². The van der Waals surface area contributed by atoms with Crippen LogP contribution in [0.25, 0.3) is 6.08 Å². The largest absolute Gasteiger partial charge is 0.508 e. The lowest BCUT2D eigenvalue weighted by Crippen LogP contribution is -2.44. The topological polar surface area (TPSA) is 69.6 Å². The van der Waals surface area contributed by atoms with Gasteiger partial charge < -0.3 is 5.11 Å². The Kier molecular flexibility index (Phi) is 5.22. The standard InChI is InChI=1S/C17H11BrN2O3S2/c18-12-6-4-10(5-7-12)8-14-16(23)20(17(24)25-14)19-15(22)11-2-1-3-13(21)9-11/h1-9,21H,(H,19,22)/b14-8-. The first-order valence-electron chi connectivity index (χ1n) is 7.07. The van der Waals surface area contributed by atoms with Crippen LogP contribution in [0.5, 0.6) is 5.75 Å². The molecule has 2 N–H and O–H groups in total. The van der Waals surface area contributed by atoms with Crippen LogP contribution in [0, 0.1) is 0 Å². The van der Waals surface area contributed by atoms with Crippen LogP contribution in [0.1, 0.15) is 15.9 Å². The van der Waals surface area contributed by atoms with Crippen molar-refractivity contribution in [2.24, 2.45) is 0 Å². The van der Waals surface area contributed by atoms with E-state index in [0.717, 1.165) is 26.8 Å². The second kappa shape index (κ2) is 7.38. The number of phenolic OH excluding ortho intramolecular Hbond substituents is 1. The normalized spacial score (nSPS) is 15.7. The molecule has 3 rings (SSSR count). The molecular weight excluding hydrogens is 424 g/mol. The summed E-state index contributed by atoms with van der Waals surface area (Å²) in [6.45, 7) is 0. The Hall–Kier alpha value is -2.16. The van der Waals surface area contributed by atoms with E-state index < -0.39 is 11.8 Å². The Bertz CT molecular complexity index is 897. The monoisotopic (exact) mass is 434 g/mol. The molecule has 2 aromatic rings. The number of hydrogen-bond acceptors (Lipinski definition) is 5. The molecule has 126 valence electrons. The van der Waals surface area contributed by atoms with E-state index in [1.54, 1.807) is 12.1 Å². The summed E-state index contributed by atoms with van der Waals surface area (Å²) >= 11 is 9.65. The molecule has 0 unspecified atom stereocenters. The summed E-state index contributed by atoms with van der Waals surface area (Å²) in [6.07, 6.45) is 1.71. The average Bonchev–Trinajstić information content (AvgIpc) is 2.84. The van der Waals surface area contributed by atoms with Gasteiger partial charge in [-0.25, -0.2) is 0 Å². The first-order chi connectivity index (χ1) is 11.9. The molecule has 2 aromatic carbocycles. The number of halogens is 1. The van der Waals surface area contributed by atoms with Crippen molar-refractivity contribution >= 4 is 62.1 Å². The van der Waals surface area contributed by atoms with Crippen molar-refractivity contribution in [1.29, 1.82) is 0 Å². The van der Waals surface area contributed by atoms with Gasteiger partial charge in [0.1, 0.15) is 5.75 Å². The quantitative estimate of drug-likeness (QED) is 0.569. The number of thiocarbonyl (C=S) groups is 1. The lowest BCUT2D eigenvalue weighted by atomic mass is 10.2. The van der Waals surface area contributed by atoms with Crippen LogP contribution >= 0.6 is 39.9 Å². The van der Waals surface area contributed by atoms with Crippen LogP contribution in [0.4, 0.5) is 0 Å². The summed E-state index contributed by atoms with van der Waals surface area (Å²) in [4.78, 5) is 25.2. The van der Waals surface area contributed by atoms with E-state index in [-0.39, 0.29) is 15.6 Å². The number of carbonyl (C=O) groups is 2. The van der Waals surface area contributed by atoms with Crippen LogP contribution in [-0.4, -0.2) is 26.3 Å². The van der Waals surface area contributed by atoms with E-state index >= 15 is 0 Å². The molecule has 0 radical (unpaired) electrons. The molecule has 1 aliphatic rings. The zero-order valence-corrected chi connectivity index (χ0v) is 15.8. The molecule has 1 aliphatic heterocycles. The van der Waals surface area contributed by atoms with Crippen molar-refractivity contribution in [3.05, 3.63) is 69.0 Å². The average molecular weight is 435 g/mol. The molecule has 5 nitrogen and oxygen atoms in total. The molecule has 8 heteroatoms. The Balaban J connectivity index is 1.77. The van der Waals surface area contributed by atoms with Crippen molar-refractivity contribution in [2.75, 3.05) is 0 Å². The molecular formula is C17H11BrN2O3S2. The Labute approximate surface area is 161 Å². The number of carbonyl (C=O) groups excluding carboxylic acids is 2. The van der Waals surface area contributed by atoms with Crippen LogP contribution in [-0.2, 0) is 4.79 Å². The number of rotatable bonds is 3. The van der Waals surface area contributed by atoms with E-state index in [4.69, 9.17) is 12.2 Å². The molecule has 1 saturated heterocycles. The van der Waals surface area contributed by atoms with Gasteiger partial charge in [-0.05, 0) is 54.2 Å². The number of hydrazine groups is 1. The first-order valence-corrected chi connectivity index (χ1v) is 9.09. The van der Waals surface area contributed by atoms with Crippen LogP contribution in [0.15, 0.2) is 57.9 Å². The van der Waals surface area contributed by atoms with Gasteiger partial charge in [-0.3, -0.25) is 15.0 Å². The van der Waals surface area contributed by atoms with Gasteiger partial charge in [0, 0.05) is 10.0 Å². The highest BCUT2D eigenvalue weighted by Crippen LogP contribution is 2.31. The van der Waals surface area contributed by atoms with Gasteiger partial charge in [0.15, 0.2) is 4.32 Å². The van der Waals surface area contributed by atoms with Gasteiger partial charge in [-0.2, -0.15) is 5.01 Å². The van der Waals surface area contributed by atoms with E-state index in [1.807, 2.05) is 24.3 Å². The van der Waals surface area contributed by atoms with Crippen molar-refractivity contribution in [3.63, 3.8) is 0 Å². The molecule has 0 atom stereocenters. The number of hydrogen-bond donors (Lipinski definition) is 2. The summed E-state index contributed by atoms with van der Waals surface area (Å²) in [7, 11) is 0. The number of nitrogens with zero attached hydrogens (tertiary/aromatic N) is 1. The number of amides is 2. The highest BCUT2D eigenvalue weighted by molar-refractivity contribution is 9.10. The van der Waals surface area contributed by atoms with Crippen molar-refractivity contribution in [2.45, 2.75) is 0 Å². The smallest absolute Gasteiger partial charge is 0.285 e. The summed E-state index contributed by atoms with van der Waals surface area (Å²) < 4.78 is 1.18. The van der Waals surface area contributed by atoms with Gasteiger partial charge in [0.05, 0.1) is 4.91 Å². The Morgan fingerprint density at radius 2 is 1.96 bits per heavy atom. The fourth-order valence-corrected chi connectivity index (χ4v) is 3.53. The number of benzene rings is 2. The Morgan fingerprint density at radius 1 is 1.24 bits per heavy atom. The predicted molar refractivity (Wildman–Crippen MR) is 105 cm³/mol. The van der Waals surface area contributed by atoms with Crippen LogP contribution < -0.4 is 5.43 Å². The third-order valence-corrected chi connectivity index (χ3v) is 5.11. The third kappa shape index (κ3) is 4.09. The molecule has 0 saturated carbocycles. The number of nitrogens with one attached hydrogen (secondary N) is 1. The summed E-state index contributed by atoms with van der Waals surface area (Å²) in [5, 5.41) is 10.5. The molecule has 1 heterocycles. The van der Waals surface area contributed by atoms with Crippen LogP contribution in [0.3, 0.4) is 0 Å². The fraction of sp³-hybridized carbons (Fsp3) is 0. The zero-order chi connectivity index (χ0) is 18.0. The number of thioether (sulfide) groups is 1. The maximum Gasteiger partial charge on any atom is 0.285 e. The minimum atomic E-state index is -0.530. The summed E-state index contributed by atoms with van der Waals surface area (Å²) in [5.41, 5.74) is 3.55. The molecule has 25 heavy (non-hydrogen) atoms. The lowest BCUT2D eigenvalue weighted by Gasteiger charge is -2.15. The van der Waals surface area contributed by atoms with Crippen molar-refractivity contribution in [1.82, 2.24) is 10.4 Å². The second-order valence-corrected chi connectivity index (χ2v) is 7.65. The number of aromatic hydroxyl groups is 1. The van der Waals surface area contributed by atoms with Crippen molar-refractivity contribution < 1.29 is 14.7 Å². The van der Waals surface area contributed by atoms with Gasteiger partial charge in [0.25, 0.3) is 11.8 Å². The predicted octanol–water partition coefficient (Wildman–Crippen LogP) is 3.70.